The number of ether oxygens (including phenoxy) is 1. The Balaban J connectivity index is 1.15. The molecule has 4 aromatic rings. The molecule has 1 heterocycles. The van der Waals surface area contributed by atoms with Crippen LogP contribution in [0.1, 0.15) is 81.1 Å². The quantitative estimate of drug-likeness (QED) is 0.192. The maximum absolute atomic E-state index is 13.2. The second kappa shape index (κ2) is 11.4. The summed E-state index contributed by atoms with van der Waals surface area (Å²) in [7, 11) is 0. The summed E-state index contributed by atoms with van der Waals surface area (Å²) in [5, 5.41) is 20.5. The topological polar surface area (TPSA) is 106 Å². The van der Waals surface area contributed by atoms with Gasteiger partial charge in [-0.2, -0.15) is 0 Å². The number of carboxylic acids is 1. The number of amides is 1. The number of hydrogen-bond donors (Lipinski definition) is 2. The van der Waals surface area contributed by atoms with Gasteiger partial charge in [0.1, 0.15) is 12.4 Å². The van der Waals surface area contributed by atoms with E-state index in [1.54, 1.807) is 10.9 Å². The molecular weight excluding hydrogens is 528 g/mol. The van der Waals surface area contributed by atoms with E-state index < -0.39 is 17.5 Å². The fraction of sp³-hybridized carbons (Fsp3) is 0.353. The zero-order chi connectivity index (χ0) is 29.3. The summed E-state index contributed by atoms with van der Waals surface area (Å²) in [5.74, 6) is 0.0814. The van der Waals surface area contributed by atoms with E-state index >= 15 is 0 Å². The minimum Gasteiger partial charge on any atom is -0.481 e. The SMILES string of the molecule is CCCCCC1C(C)c2ccccc2[C@@H]1OC(=O)Nc1nncn1-c1ccc(-c2ccc(C3(C(=O)O)CC3)cc2)cc1. The zero-order valence-corrected chi connectivity index (χ0v) is 24.0. The smallest absolute Gasteiger partial charge is 0.414 e. The molecule has 0 spiro atoms. The standard InChI is InChI=1S/C34H36N4O4/c1-3-4-5-9-28-22(2)27-8-6-7-10-29(27)30(28)42-33(41)36-32-37-35-21-38(32)26-17-13-24(14-18-26)23-11-15-25(16-12-23)34(19-20-34)31(39)40/h6-8,10-18,21-22,28,30H,3-5,9,19-20H2,1-2H3,(H,39,40)(H,36,37,41)/t22?,28?,30-/m1/s1. The fourth-order valence-electron chi connectivity index (χ4n) is 6.38. The number of benzene rings is 3. The van der Waals surface area contributed by atoms with Crippen LogP contribution in [0.2, 0.25) is 0 Å². The summed E-state index contributed by atoms with van der Waals surface area (Å²) in [6, 6.07) is 23.8. The zero-order valence-electron chi connectivity index (χ0n) is 24.0. The molecule has 1 saturated carbocycles. The van der Waals surface area contributed by atoms with Gasteiger partial charge in [0.25, 0.3) is 0 Å². The van der Waals surface area contributed by atoms with E-state index in [-0.39, 0.29) is 18.0 Å². The number of nitrogens with one attached hydrogen (secondary N) is 1. The van der Waals surface area contributed by atoms with Crippen LogP contribution in [0.4, 0.5) is 10.7 Å². The maximum atomic E-state index is 13.2. The Bertz CT molecular complexity index is 1570. The number of aromatic nitrogens is 3. The van der Waals surface area contributed by atoms with Gasteiger partial charge in [0.2, 0.25) is 5.95 Å². The van der Waals surface area contributed by atoms with Crippen LogP contribution in [-0.2, 0) is 14.9 Å². The van der Waals surface area contributed by atoms with Crippen molar-refractivity contribution in [3.63, 3.8) is 0 Å². The first-order valence-corrected chi connectivity index (χ1v) is 14.8. The van der Waals surface area contributed by atoms with Gasteiger partial charge in [-0.3, -0.25) is 14.7 Å². The lowest BCUT2D eigenvalue weighted by Crippen LogP contribution is -2.23. The largest absolute Gasteiger partial charge is 0.481 e. The molecule has 8 nitrogen and oxygen atoms in total. The van der Waals surface area contributed by atoms with Crippen LogP contribution in [0.3, 0.4) is 0 Å². The van der Waals surface area contributed by atoms with Crippen molar-refractivity contribution in [2.45, 2.75) is 69.8 Å². The predicted octanol–water partition coefficient (Wildman–Crippen LogP) is 7.65. The lowest BCUT2D eigenvalue weighted by atomic mass is 9.88. The molecule has 8 heteroatoms. The number of carbonyl (C=O) groups is 2. The van der Waals surface area contributed by atoms with Crippen molar-refractivity contribution in [3.05, 3.63) is 95.8 Å². The van der Waals surface area contributed by atoms with Crippen molar-refractivity contribution in [3.8, 4) is 16.8 Å². The number of hydrogen-bond acceptors (Lipinski definition) is 5. The van der Waals surface area contributed by atoms with Gasteiger partial charge in [-0.05, 0) is 65.1 Å². The highest BCUT2D eigenvalue weighted by atomic mass is 16.6. The van der Waals surface area contributed by atoms with Gasteiger partial charge in [-0.1, -0.05) is 93.8 Å². The van der Waals surface area contributed by atoms with Crippen molar-refractivity contribution >= 4 is 18.0 Å². The molecule has 0 aliphatic heterocycles. The fourth-order valence-corrected chi connectivity index (χ4v) is 6.38. The number of aliphatic carboxylic acids is 1. The maximum Gasteiger partial charge on any atom is 0.414 e. The van der Waals surface area contributed by atoms with Crippen molar-refractivity contribution in [2.75, 3.05) is 5.32 Å². The van der Waals surface area contributed by atoms with E-state index in [1.165, 1.54) is 5.56 Å². The van der Waals surface area contributed by atoms with Gasteiger partial charge in [0.15, 0.2) is 0 Å². The van der Waals surface area contributed by atoms with Gasteiger partial charge in [-0.25, -0.2) is 4.79 Å². The Morgan fingerprint density at radius 3 is 2.29 bits per heavy atom. The summed E-state index contributed by atoms with van der Waals surface area (Å²) in [6.45, 7) is 4.42. The Morgan fingerprint density at radius 1 is 0.976 bits per heavy atom. The van der Waals surface area contributed by atoms with Crippen molar-refractivity contribution in [2.24, 2.45) is 5.92 Å². The molecule has 2 N–H and O–H groups in total. The molecule has 6 rings (SSSR count). The normalized spacial score (nSPS) is 20.1. The monoisotopic (exact) mass is 564 g/mol. The summed E-state index contributed by atoms with van der Waals surface area (Å²) in [6.07, 6.45) is 6.50. The van der Waals surface area contributed by atoms with Crippen LogP contribution in [-0.4, -0.2) is 31.9 Å². The molecule has 1 amide bonds. The number of anilines is 1. The van der Waals surface area contributed by atoms with Crippen LogP contribution < -0.4 is 5.32 Å². The number of carbonyl (C=O) groups excluding carboxylic acids is 1. The molecule has 2 aliphatic rings. The molecule has 42 heavy (non-hydrogen) atoms. The molecule has 3 atom stereocenters. The average molecular weight is 565 g/mol. The van der Waals surface area contributed by atoms with E-state index in [1.807, 2.05) is 60.7 Å². The van der Waals surface area contributed by atoms with Crippen molar-refractivity contribution in [1.82, 2.24) is 14.8 Å². The summed E-state index contributed by atoms with van der Waals surface area (Å²) in [4.78, 5) is 24.8. The first kappa shape index (κ1) is 27.7. The van der Waals surface area contributed by atoms with Crippen molar-refractivity contribution < 1.29 is 19.4 Å². The van der Waals surface area contributed by atoms with Gasteiger partial charge in [0, 0.05) is 5.92 Å². The summed E-state index contributed by atoms with van der Waals surface area (Å²) >= 11 is 0. The van der Waals surface area contributed by atoms with Gasteiger partial charge in [0.05, 0.1) is 11.1 Å². The van der Waals surface area contributed by atoms with Gasteiger partial charge >= 0.3 is 12.1 Å². The molecule has 1 fully saturated rings. The molecule has 0 saturated heterocycles. The summed E-state index contributed by atoms with van der Waals surface area (Å²) < 4.78 is 7.79. The van der Waals surface area contributed by atoms with Crippen LogP contribution in [0, 0.1) is 5.92 Å². The Morgan fingerprint density at radius 2 is 1.64 bits per heavy atom. The highest BCUT2D eigenvalue weighted by Crippen LogP contribution is 2.50. The number of carboxylic acid groups (broad SMARTS) is 1. The number of fused-ring (bicyclic) bond motifs is 1. The third kappa shape index (κ3) is 5.17. The number of rotatable bonds is 10. The lowest BCUT2D eigenvalue weighted by Gasteiger charge is -2.23. The van der Waals surface area contributed by atoms with E-state index in [0.717, 1.165) is 53.6 Å². The Labute approximate surface area is 245 Å². The average Bonchev–Trinajstić information content (AvgIpc) is 3.64. The summed E-state index contributed by atoms with van der Waals surface area (Å²) in [5.41, 5.74) is 5.26. The predicted molar refractivity (Wildman–Crippen MR) is 161 cm³/mol. The van der Waals surface area contributed by atoms with Crippen LogP contribution in [0.25, 0.3) is 16.8 Å². The third-order valence-corrected chi connectivity index (χ3v) is 9.04. The molecule has 0 radical (unpaired) electrons. The number of unbranched alkanes of at least 4 members (excludes halogenated alkanes) is 2. The second-order valence-corrected chi connectivity index (χ2v) is 11.6. The van der Waals surface area contributed by atoms with E-state index in [0.29, 0.717) is 18.8 Å². The minimum absolute atomic E-state index is 0.234. The third-order valence-electron chi connectivity index (χ3n) is 9.04. The second-order valence-electron chi connectivity index (χ2n) is 11.6. The van der Waals surface area contributed by atoms with Crippen LogP contribution >= 0.6 is 0 Å². The highest BCUT2D eigenvalue weighted by molar-refractivity contribution is 5.85. The molecular formula is C34H36N4O4. The molecule has 216 valence electrons. The molecule has 2 aliphatic carbocycles. The first-order valence-electron chi connectivity index (χ1n) is 14.8. The number of nitrogens with zero attached hydrogens (tertiary/aromatic N) is 3. The van der Waals surface area contributed by atoms with Crippen molar-refractivity contribution in [1.29, 1.82) is 0 Å². The van der Waals surface area contributed by atoms with Gasteiger partial charge < -0.3 is 9.84 Å². The minimum atomic E-state index is -0.753. The van der Waals surface area contributed by atoms with Crippen LogP contribution in [0.5, 0.6) is 0 Å². The molecule has 2 unspecified atom stereocenters. The van der Waals surface area contributed by atoms with Gasteiger partial charge in [-0.15, -0.1) is 10.2 Å². The molecule has 0 bridgehead atoms. The van der Waals surface area contributed by atoms with Crippen LogP contribution in [0.15, 0.2) is 79.1 Å². The molecule has 1 aromatic heterocycles. The molecule has 3 aromatic carbocycles. The van der Waals surface area contributed by atoms with E-state index in [9.17, 15) is 14.7 Å². The van der Waals surface area contributed by atoms with E-state index in [2.05, 4.69) is 41.5 Å². The Hall–Kier alpha value is -4.46. The Kier molecular flexibility index (Phi) is 7.54. The highest BCUT2D eigenvalue weighted by Gasteiger charge is 2.51. The lowest BCUT2D eigenvalue weighted by molar-refractivity contribution is -0.140. The van der Waals surface area contributed by atoms with E-state index in [4.69, 9.17) is 4.74 Å². The first-order chi connectivity index (χ1) is 20.4.